The maximum absolute atomic E-state index is 11.4. The Hall–Kier alpha value is -2.29. The second-order valence-corrected chi connectivity index (χ2v) is 9.85. The maximum atomic E-state index is 11.4. The van der Waals surface area contributed by atoms with Crippen molar-refractivity contribution < 1.29 is 4.79 Å². The predicted octanol–water partition coefficient (Wildman–Crippen LogP) is 4.15. The molecule has 0 unspecified atom stereocenters. The van der Waals surface area contributed by atoms with Crippen molar-refractivity contribution in [3.05, 3.63) is 68.4 Å². The van der Waals surface area contributed by atoms with Gasteiger partial charge in [-0.05, 0) is 47.1 Å². The summed E-state index contributed by atoms with van der Waals surface area (Å²) in [6.45, 7) is 6.66. The molecule has 3 heterocycles. The average molecular weight is 456 g/mol. The summed E-state index contributed by atoms with van der Waals surface area (Å²) < 4.78 is 4.69. The van der Waals surface area contributed by atoms with Gasteiger partial charge in [-0.2, -0.15) is 5.10 Å². The molecule has 4 rings (SSSR count). The minimum atomic E-state index is -0.318. The van der Waals surface area contributed by atoms with E-state index < -0.39 is 0 Å². The number of carbonyl (C=O) groups is 1. The number of hydrogen-bond donors (Lipinski definition) is 1. The Labute approximate surface area is 192 Å². The third-order valence-electron chi connectivity index (χ3n) is 5.64. The van der Waals surface area contributed by atoms with Crippen molar-refractivity contribution in [2.45, 2.75) is 52.4 Å². The van der Waals surface area contributed by atoms with E-state index in [4.69, 9.17) is 23.1 Å². The number of aromatic nitrogens is 3. The van der Waals surface area contributed by atoms with Crippen LogP contribution in [0.25, 0.3) is 0 Å². The molecule has 0 spiro atoms. The monoisotopic (exact) mass is 455 g/mol. The summed E-state index contributed by atoms with van der Waals surface area (Å²) in [5, 5.41) is 7.02. The quantitative estimate of drug-likeness (QED) is 0.518. The van der Waals surface area contributed by atoms with Crippen LogP contribution in [0.15, 0.2) is 41.8 Å². The first kappa shape index (κ1) is 21.9. The van der Waals surface area contributed by atoms with E-state index >= 15 is 0 Å². The number of carbonyl (C=O) groups excluding carboxylic acids is 1. The Kier molecular flexibility index (Phi) is 6.69. The van der Waals surface area contributed by atoms with Gasteiger partial charge in [0.25, 0.3) is 0 Å². The lowest BCUT2D eigenvalue weighted by Crippen LogP contribution is -2.37. The van der Waals surface area contributed by atoms with E-state index in [1.807, 2.05) is 16.0 Å². The first-order valence-electron chi connectivity index (χ1n) is 10.7. The molecule has 1 aliphatic heterocycles. The molecule has 1 atom stereocenters. The van der Waals surface area contributed by atoms with Crippen LogP contribution in [0, 0.1) is 10.7 Å². The summed E-state index contributed by atoms with van der Waals surface area (Å²) in [7, 11) is 0. The number of thiophene rings is 1. The minimum absolute atomic E-state index is 0.183. The maximum Gasteiger partial charge on any atom is 0.217 e. The van der Waals surface area contributed by atoms with Gasteiger partial charge >= 0.3 is 0 Å². The molecular weight excluding hydrogens is 426 g/mol. The summed E-state index contributed by atoms with van der Waals surface area (Å²) in [6.07, 6.45) is 1.82. The molecule has 0 bridgehead atoms. The van der Waals surface area contributed by atoms with Gasteiger partial charge in [0.15, 0.2) is 4.77 Å². The Balaban J connectivity index is 1.67. The van der Waals surface area contributed by atoms with Gasteiger partial charge in [0.05, 0.1) is 12.7 Å². The van der Waals surface area contributed by atoms with Crippen LogP contribution in [0.1, 0.15) is 48.1 Å². The highest BCUT2D eigenvalue weighted by molar-refractivity contribution is 7.71. The number of hydrogen-bond acceptors (Lipinski definition) is 5. The standard InChI is InChI=1S/C23H29N5OS2/c1-16(2)14-27-21(9-8-20(24)29)25-28(23(27)30)15-26-12-10-19-18(11-13-31-19)22(26)17-6-4-3-5-7-17/h3-7,11,13,16,22H,8-10,12,14-15H2,1-2H3,(H2,24,29)/t22-/m1/s1. The van der Waals surface area contributed by atoms with E-state index in [9.17, 15) is 4.79 Å². The molecule has 0 saturated heterocycles. The first-order chi connectivity index (χ1) is 14.9. The largest absolute Gasteiger partial charge is 0.370 e. The van der Waals surface area contributed by atoms with Crippen LogP contribution in [0.3, 0.4) is 0 Å². The summed E-state index contributed by atoms with van der Waals surface area (Å²) >= 11 is 7.66. The van der Waals surface area contributed by atoms with Crippen LogP contribution in [-0.4, -0.2) is 31.7 Å². The van der Waals surface area contributed by atoms with Crippen molar-refractivity contribution in [3.63, 3.8) is 0 Å². The fraction of sp³-hybridized carbons (Fsp3) is 0.435. The molecule has 8 heteroatoms. The molecule has 0 radical (unpaired) electrons. The lowest BCUT2D eigenvalue weighted by atomic mass is 9.94. The number of aryl methyl sites for hydroxylation is 1. The first-order valence-corrected chi connectivity index (χ1v) is 12.0. The molecule has 164 valence electrons. The number of fused-ring (bicyclic) bond motifs is 1. The summed E-state index contributed by atoms with van der Waals surface area (Å²) in [4.78, 5) is 15.3. The van der Waals surface area contributed by atoms with E-state index in [2.05, 4.69) is 65.1 Å². The molecule has 0 aliphatic carbocycles. The Morgan fingerprint density at radius 2 is 2.06 bits per heavy atom. The molecule has 3 aromatic rings. The van der Waals surface area contributed by atoms with Crippen molar-refractivity contribution >= 4 is 29.5 Å². The van der Waals surface area contributed by atoms with Crippen molar-refractivity contribution in [1.82, 2.24) is 19.2 Å². The second kappa shape index (κ2) is 9.46. The van der Waals surface area contributed by atoms with Crippen LogP contribution in [0.4, 0.5) is 0 Å². The average Bonchev–Trinajstić information content (AvgIpc) is 3.32. The number of nitrogens with zero attached hydrogens (tertiary/aromatic N) is 4. The number of benzene rings is 1. The van der Waals surface area contributed by atoms with Gasteiger partial charge in [-0.1, -0.05) is 44.2 Å². The van der Waals surface area contributed by atoms with Crippen LogP contribution in [0.2, 0.25) is 0 Å². The topological polar surface area (TPSA) is 69.1 Å². The van der Waals surface area contributed by atoms with Gasteiger partial charge in [0, 0.05) is 30.8 Å². The van der Waals surface area contributed by atoms with Crippen molar-refractivity contribution in [1.29, 1.82) is 0 Å². The van der Waals surface area contributed by atoms with E-state index in [-0.39, 0.29) is 18.4 Å². The normalized spacial score (nSPS) is 16.5. The summed E-state index contributed by atoms with van der Waals surface area (Å²) in [5.41, 5.74) is 8.05. The van der Waals surface area contributed by atoms with Crippen molar-refractivity contribution in [2.75, 3.05) is 6.54 Å². The third kappa shape index (κ3) is 4.81. The molecule has 6 nitrogen and oxygen atoms in total. The van der Waals surface area contributed by atoms with Gasteiger partial charge in [0.2, 0.25) is 5.91 Å². The second-order valence-electron chi connectivity index (χ2n) is 8.49. The highest BCUT2D eigenvalue weighted by atomic mass is 32.1. The van der Waals surface area contributed by atoms with E-state index in [1.165, 1.54) is 16.0 Å². The van der Waals surface area contributed by atoms with Crippen LogP contribution in [0.5, 0.6) is 0 Å². The third-order valence-corrected chi connectivity index (χ3v) is 7.07. The van der Waals surface area contributed by atoms with Gasteiger partial charge in [-0.25, -0.2) is 4.68 Å². The molecular formula is C23H29N5OS2. The molecule has 0 fully saturated rings. The zero-order chi connectivity index (χ0) is 22.0. The SMILES string of the molecule is CC(C)Cn1c(CCC(N)=O)nn(CN2CCc3sccc3[C@H]2c2ccccc2)c1=S. The van der Waals surface area contributed by atoms with Crippen LogP contribution in [-0.2, 0) is 30.8 Å². The molecule has 1 aliphatic rings. The van der Waals surface area contributed by atoms with Crippen LogP contribution >= 0.6 is 23.6 Å². The van der Waals surface area contributed by atoms with E-state index in [0.29, 0.717) is 23.8 Å². The van der Waals surface area contributed by atoms with Crippen molar-refractivity contribution in [2.24, 2.45) is 11.7 Å². The summed E-state index contributed by atoms with van der Waals surface area (Å²) in [5.74, 6) is 0.945. The van der Waals surface area contributed by atoms with E-state index in [1.54, 1.807) is 0 Å². The van der Waals surface area contributed by atoms with Gasteiger partial charge in [0.1, 0.15) is 5.82 Å². The van der Waals surface area contributed by atoms with Gasteiger partial charge in [-0.3, -0.25) is 9.69 Å². The fourth-order valence-corrected chi connectivity index (χ4v) is 5.45. The van der Waals surface area contributed by atoms with Crippen LogP contribution < -0.4 is 5.73 Å². The smallest absolute Gasteiger partial charge is 0.217 e. The Bertz CT molecular complexity index is 1100. The fourth-order valence-electron chi connectivity index (χ4n) is 4.26. The lowest BCUT2D eigenvalue weighted by Gasteiger charge is -2.36. The highest BCUT2D eigenvalue weighted by Gasteiger charge is 2.30. The van der Waals surface area contributed by atoms with Gasteiger partial charge in [-0.15, -0.1) is 11.3 Å². The molecule has 1 amide bonds. The molecule has 2 N–H and O–H groups in total. The number of nitrogens with two attached hydrogens (primary N) is 1. The highest BCUT2D eigenvalue weighted by Crippen LogP contribution is 2.37. The predicted molar refractivity (Wildman–Crippen MR) is 126 cm³/mol. The molecule has 1 aromatic carbocycles. The summed E-state index contributed by atoms with van der Waals surface area (Å²) in [6, 6.07) is 13.1. The Morgan fingerprint density at radius 1 is 1.29 bits per heavy atom. The van der Waals surface area contributed by atoms with E-state index in [0.717, 1.165) is 25.3 Å². The molecule has 2 aromatic heterocycles. The minimum Gasteiger partial charge on any atom is -0.370 e. The number of rotatable bonds is 8. The number of amides is 1. The zero-order valence-corrected chi connectivity index (χ0v) is 19.7. The van der Waals surface area contributed by atoms with Crippen molar-refractivity contribution in [3.8, 4) is 0 Å². The lowest BCUT2D eigenvalue weighted by molar-refractivity contribution is -0.118. The number of primary amides is 1. The Morgan fingerprint density at radius 3 is 2.77 bits per heavy atom. The molecule has 31 heavy (non-hydrogen) atoms. The zero-order valence-electron chi connectivity index (χ0n) is 18.0. The van der Waals surface area contributed by atoms with Gasteiger partial charge < -0.3 is 10.3 Å². The molecule has 0 saturated carbocycles.